The lowest BCUT2D eigenvalue weighted by Gasteiger charge is -2.06. The molecule has 0 saturated heterocycles. The van der Waals surface area contributed by atoms with E-state index in [2.05, 4.69) is 24.5 Å². The van der Waals surface area contributed by atoms with Crippen molar-refractivity contribution in [1.82, 2.24) is 0 Å². The van der Waals surface area contributed by atoms with Crippen molar-refractivity contribution in [2.75, 3.05) is 10.6 Å². The van der Waals surface area contributed by atoms with Gasteiger partial charge in [0.05, 0.1) is 5.69 Å². The molecule has 0 fully saturated rings. The van der Waals surface area contributed by atoms with E-state index in [1.807, 2.05) is 30.3 Å². The minimum Gasteiger partial charge on any atom is -0.326 e. The molecule has 220 valence electrons. The highest BCUT2D eigenvalue weighted by molar-refractivity contribution is 5.91. The van der Waals surface area contributed by atoms with Crippen molar-refractivity contribution in [2.45, 2.75) is 129 Å². The van der Waals surface area contributed by atoms with Crippen LogP contribution in [-0.2, 0) is 9.59 Å². The Kier molecular flexibility index (Phi) is 17.4. The highest BCUT2D eigenvalue weighted by Crippen LogP contribution is 2.21. The average Bonchev–Trinajstić information content (AvgIpc) is 3.13. The lowest BCUT2D eigenvalue weighted by atomic mass is 10.1. The highest BCUT2D eigenvalue weighted by atomic mass is 16.2. The molecule has 0 spiro atoms. The molecule has 40 heavy (non-hydrogen) atoms. The van der Waals surface area contributed by atoms with Crippen LogP contribution in [-0.4, -0.2) is 11.8 Å². The first-order valence-corrected chi connectivity index (χ1v) is 15.9. The Morgan fingerprint density at radius 3 is 1.40 bits per heavy atom. The van der Waals surface area contributed by atoms with Gasteiger partial charge in [-0.1, -0.05) is 128 Å². The van der Waals surface area contributed by atoms with E-state index in [0.717, 1.165) is 42.5 Å². The minimum atomic E-state index is -0.207. The number of carbonyl (C=O) groups excluding carboxylic acids is 2. The number of rotatable bonds is 21. The fourth-order valence-electron chi connectivity index (χ4n) is 4.88. The van der Waals surface area contributed by atoms with Crippen LogP contribution in [0, 0.1) is 0 Å². The largest absolute Gasteiger partial charge is 0.326 e. The van der Waals surface area contributed by atoms with Gasteiger partial charge in [0.2, 0.25) is 17.2 Å². The summed E-state index contributed by atoms with van der Waals surface area (Å²) < 4.78 is 0. The van der Waals surface area contributed by atoms with Crippen LogP contribution in [0.15, 0.2) is 53.3 Å². The summed E-state index contributed by atoms with van der Waals surface area (Å²) in [6, 6.07) is 14.4. The molecule has 5 nitrogen and oxygen atoms in total. The van der Waals surface area contributed by atoms with Crippen molar-refractivity contribution >= 4 is 23.2 Å². The molecule has 2 aromatic carbocycles. The summed E-state index contributed by atoms with van der Waals surface area (Å²) in [6.07, 6.45) is 20.2. The van der Waals surface area contributed by atoms with Gasteiger partial charge in [-0.05, 0) is 48.2 Å². The highest BCUT2D eigenvalue weighted by Gasteiger charge is 2.07. The number of hydrogen-bond donors (Lipinski definition) is 2. The summed E-state index contributed by atoms with van der Waals surface area (Å²) >= 11 is 0. The topological polar surface area (TPSA) is 75.3 Å². The summed E-state index contributed by atoms with van der Waals surface area (Å²) in [4.78, 5) is 37.2. The van der Waals surface area contributed by atoms with Gasteiger partial charge >= 0.3 is 0 Å². The minimum absolute atomic E-state index is 0.0416. The molecule has 0 heterocycles. The Bertz CT molecular complexity index is 1050. The van der Waals surface area contributed by atoms with Gasteiger partial charge in [0.25, 0.3) is 0 Å². The van der Waals surface area contributed by atoms with Crippen molar-refractivity contribution in [1.29, 1.82) is 0 Å². The van der Waals surface area contributed by atoms with Gasteiger partial charge in [-0.2, -0.15) is 0 Å². The predicted molar refractivity (Wildman–Crippen MR) is 170 cm³/mol. The Balaban J connectivity index is 1.73. The van der Waals surface area contributed by atoms with Crippen molar-refractivity contribution in [3.05, 3.63) is 58.8 Å². The van der Waals surface area contributed by atoms with Crippen molar-refractivity contribution in [3.8, 4) is 11.1 Å². The summed E-state index contributed by atoms with van der Waals surface area (Å²) in [5.74, 6) is -0.0638. The smallest absolute Gasteiger partial charge is 0.224 e. The zero-order chi connectivity index (χ0) is 28.8. The van der Waals surface area contributed by atoms with Crippen molar-refractivity contribution < 1.29 is 9.59 Å². The quantitative estimate of drug-likeness (QED) is 0.152. The summed E-state index contributed by atoms with van der Waals surface area (Å²) in [5.41, 5.74) is 2.68. The molecule has 2 N–H and O–H groups in total. The van der Waals surface area contributed by atoms with Gasteiger partial charge in [0.1, 0.15) is 0 Å². The van der Waals surface area contributed by atoms with E-state index >= 15 is 0 Å². The van der Waals surface area contributed by atoms with Gasteiger partial charge in [0.15, 0.2) is 0 Å². The second-order valence-corrected chi connectivity index (χ2v) is 11.0. The molecule has 2 amide bonds. The SMILES string of the molecule is CCCCCCCCCCCCCC(=O)Nc1ccc(-c2ccc(NC(=O)CCCCCCC)cc2)ccc1=O. The number of unbranched alkanes of at least 4 members (excludes halogenated alkanes) is 14. The molecule has 0 bridgehead atoms. The van der Waals surface area contributed by atoms with Crippen molar-refractivity contribution in [2.24, 2.45) is 0 Å². The molecule has 0 aromatic heterocycles. The van der Waals surface area contributed by atoms with E-state index < -0.39 is 0 Å². The lowest BCUT2D eigenvalue weighted by Crippen LogP contribution is -2.16. The number of carbonyl (C=O) groups is 2. The normalized spacial score (nSPS) is 10.8. The van der Waals surface area contributed by atoms with Crippen LogP contribution >= 0.6 is 0 Å². The summed E-state index contributed by atoms with van der Waals surface area (Å²) in [5, 5.41) is 5.77. The Morgan fingerprint density at radius 1 is 0.500 bits per heavy atom. The second-order valence-electron chi connectivity index (χ2n) is 11.0. The molecule has 0 radical (unpaired) electrons. The van der Waals surface area contributed by atoms with E-state index in [1.54, 1.807) is 12.1 Å². The molecular formula is C35H52N2O3. The molecule has 0 aliphatic rings. The molecule has 0 aliphatic carbocycles. The Hall–Kier alpha value is -2.95. The van der Waals surface area contributed by atoms with E-state index in [0.29, 0.717) is 18.5 Å². The Morgan fingerprint density at radius 2 is 0.900 bits per heavy atom. The number of amides is 2. The lowest BCUT2D eigenvalue weighted by molar-refractivity contribution is -0.117. The number of hydrogen-bond acceptors (Lipinski definition) is 3. The molecule has 0 unspecified atom stereocenters. The van der Waals surface area contributed by atoms with Crippen LogP contribution < -0.4 is 16.1 Å². The van der Waals surface area contributed by atoms with Crippen LogP contribution in [0.5, 0.6) is 0 Å². The zero-order valence-electron chi connectivity index (χ0n) is 25.1. The van der Waals surface area contributed by atoms with Crippen LogP contribution in [0.1, 0.15) is 129 Å². The second kappa shape index (κ2) is 20.9. The molecule has 0 aliphatic heterocycles. The third kappa shape index (κ3) is 14.4. The van der Waals surface area contributed by atoms with Gasteiger partial charge in [0, 0.05) is 18.5 Å². The average molecular weight is 549 g/mol. The standard InChI is InChI=1S/C35H52N2O3/c1-3-5-7-9-10-11-12-13-14-16-18-20-35(40)37-32-27-23-30(24-28-33(32)38)29-21-25-31(26-22-29)36-34(39)19-17-15-8-6-4-2/h21-28H,3-20H2,1-2H3,(H,36,39)(H,37,38,40). The van der Waals surface area contributed by atoms with Crippen LogP contribution in [0.25, 0.3) is 11.1 Å². The maximum Gasteiger partial charge on any atom is 0.224 e. The fraction of sp³-hybridized carbons (Fsp3) is 0.571. The van der Waals surface area contributed by atoms with Crippen LogP contribution in [0.2, 0.25) is 0 Å². The first kappa shape index (κ1) is 33.3. The summed E-state index contributed by atoms with van der Waals surface area (Å²) in [6.45, 7) is 4.43. The maximum atomic E-state index is 12.6. The number of benzene rings is 1. The maximum absolute atomic E-state index is 12.6. The molecular weight excluding hydrogens is 496 g/mol. The van der Waals surface area contributed by atoms with Crippen LogP contribution in [0.3, 0.4) is 0 Å². The number of nitrogens with one attached hydrogen (secondary N) is 2. The summed E-state index contributed by atoms with van der Waals surface area (Å²) in [7, 11) is 0. The molecule has 5 heteroatoms. The van der Waals surface area contributed by atoms with Crippen LogP contribution in [0.4, 0.5) is 11.4 Å². The first-order chi connectivity index (χ1) is 19.5. The van der Waals surface area contributed by atoms with Gasteiger partial charge < -0.3 is 10.6 Å². The third-order valence-corrected chi connectivity index (χ3v) is 7.40. The zero-order valence-corrected chi connectivity index (χ0v) is 25.1. The van der Waals surface area contributed by atoms with Crippen molar-refractivity contribution in [3.63, 3.8) is 0 Å². The first-order valence-electron chi connectivity index (χ1n) is 15.9. The molecule has 0 saturated carbocycles. The molecule has 0 atom stereocenters. The monoisotopic (exact) mass is 548 g/mol. The fourth-order valence-corrected chi connectivity index (χ4v) is 4.88. The molecule has 2 aromatic rings. The third-order valence-electron chi connectivity index (χ3n) is 7.40. The van der Waals surface area contributed by atoms with E-state index in [9.17, 15) is 14.4 Å². The van der Waals surface area contributed by atoms with Gasteiger partial charge in [-0.3, -0.25) is 14.4 Å². The van der Waals surface area contributed by atoms with Gasteiger partial charge in [-0.15, -0.1) is 0 Å². The predicted octanol–water partition coefficient (Wildman–Crippen LogP) is 9.65. The van der Waals surface area contributed by atoms with E-state index in [4.69, 9.17) is 0 Å². The molecule has 2 rings (SSSR count). The Labute approximate surface area is 242 Å². The van der Waals surface area contributed by atoms with E-state index in [-0.39, 0.29) is 17.2 Å². The van der Waals surface area contributed by atoms with E-state index in [1.165, 1.54) is 83.1 Å². The number of anilines is 2. The van der Waals surface area contributed by atoms with Gasteiger partial charge in [-0.25, -0.2) is 0 Å².